The van der Waals surface area contributed by atoms with E-state index in [1.807, 2.05) is 25.1 Å². The van der Waals surface area contributed by atoms with Crippen LogP contribution in [0.3, 0.4) is 0 Å². The summed E-state index contributed by atoms with van der Waals surface area (Å²) in [6, 6.07) is 5.84. The van der Waals surface area contributed by atoms with Gasteiger partial charge < -0.3 is 15.6 Å². The Labute approximate surface area is 116 Å². The van der Waals surface area contributed by atoms with Crippen LogP contribution in [-0.2, 0) is 11.3 Å². The highest BCUT2D eigenvalue weighted by atomic mass is 79.9. The van der Waals surface area contributed by atoms with Crippen molar-refractivity contribution in [3.8, 4) is 0 Å². The van der Waals surface area contributed by atoms with Crippen molar-refractivity contribution in [2.24, 2.45) is 0 Å². The molecule has 0 saturated carbocycles. The van der Waals surface area contributed by atoms with Gasteiger partial charge in [-0.1, -0.05) is 22.0 Å². The van der Waals surface area contributed by atoms with Crippen LogP contribution < -0.4 is 5.73 Å². The predicted molar refractivity (Wildman–Crippen MR) is 75.3 cm³/mol. The van der Waals surface area contributed by atoms with Crippen LogP contribution in [0.15, 0.2) is 22.7 Å². The number of rotatable bonds is 3. The molecule has 2 atom stereocenters. The number of hydrogen-bond donors (Lipinski definition) is 2. The van der Waals surface area contributed by atoms with E-state index in [0.29, 0.717) is 0 Å². The average molecular weight is 315 g/mol. The zero-order valence-electron chi connectivity index (χ0n) is 10.5. The van der Waals surface area contributed by atoms with Crippen LogP contribution >= 0.6 is 15.9 Å². The molecule has 18 heavy (non-hydrogen) atoms. The third kappa shape index (κ3) is 3.23. The van der Waals surface area contributed by atoms with E-state index >= 15 is 0 Å². The maximum atomic E-state index is 9.22. The minimum absolute atomic E-state index is 0.0618. The maximum Gasteiger partial charge on any atom is 0.0936 e. The summed E-state index contributed by atoms with van der Waals surface area (Å²) in [6.45, 7) is 4.46. The molecule has 4 nitrogen and oxygen atoms in total. The lowest BCUT2D eigenvalue weighted by Crippen LogP contribution is -2.47. The molecule has 0 spiro atoms. The Balaban J connectivity index is 2.08. The van der Waals surface area contributed by atoms with E-state index < -0.39 is 0 Å². The summed E-state index contributed by atoms with van der Waals surface area (Å²) < 4.78 is 6.66. The lowest BCUT2D eigenvalue weighted by molar-refractivity contribution is -0.0972. The van der Waals surface area contributed by atoms with Crippen molar-refractivity contribution >= 4 is 21.6 Å². The first-order chi connectivity index (χ1) is 8.60. The number of morpholine rings is 1. The lowest BCUT2D eigenvalue weighted by atomic mass is 10.1. The molecule has 3 N–H and O–H groups in total. The topological polar surface area (TPSA) is 58.7 Å². The molecule has 0 aliphatic carbocycles. The minimum atomic E-state index is -0.0996. The zero-order chi connectivity index (χ0) is 13.1. The minimum Gasteiger partial charge on any atom is -0.398 e. The van der Waals surface area contributed by atoms with E-state index in [9.17, 15) is 5.11 Å². The highest BCUT2D eigenvalue weighted by Crippen LogP contribution is 2.25. The van der Waals surface area contributed by atoms with Crippen LogP contribution in [0.2, 0.25) is 0 Å². The molecule has 1 fully saturated rings. The molecule has 1 aliphatic rings. The van der Waals surface area contributed by atoms with Crippen molar-refractivity contribution in [1.29, 1.82) is 0 Å². The Morgan fingerprint density at radius 2 is 2.28 bits per heavy atom. The van der Waals surface area contributed by atoms with Gasteiger partial charge in [-0.25, -0.2) is 0 Å². The van der Waals surface area contributed by atoms with E-state index in [1.54, 1.807) is 0 Å². The highest BCUT2D eigenvalue weighted by molar-refractivity contribution is 9.10. The first-order valence-corrected chi connectivity index (χ1v) is 6.91. The molecule has 1 saturated heterocycles. The molecular weight excluding hydrogens is 296 g/mol. The number of aliphatic hydroxyl groups excluding tert-OH is 1. The van der Waals surface area contributed by atoms with Crippen LogP contribution in [0.5, 0.6) is 0 Å². The molecule has 5 heteroatoms. The summed E-state index contributed by atoms with van der Waals surface area (Å²) in [5.41, 5.74) is 7.90. The van der Waals surface area contributed by atoms with E-state index in [-0.39, 0.29) is 18.8 Å². The zero-order valence-corrected chi connectivity index (χ0v) is 12.1. The Bertz CT molecular complexity index is 394. The maximum absolute atomic E-state index is 9.22. The Kier molecular flexibility index (Phi) is 4.61. The summed E-state index contributed by atoms with van der Waals surface area (Å²) >= 11 is 3.53. The molecule has 0 aromatic heterocycles. The van der Waals surface area contributed by atoms with Gasteiger partial charge in [0.15, 0.2) is 0 Å². The molecule has 1 aromatic rings. The standard InChI is InChI=1S/C13H19BrN2O2/c1-9-5-16(6-10(8-17)18-9)7-11-12(14)3-2-4-13(11)15/h2-4,9-10,17H,5-8,15H2,1H3. The average Bonchev–Trinajstić information content (AvgIpc) is 2.33. The van der Waals surface area contributed by atoms with Gasteiger partial charge in [-0.05, 0) is 19.1 Å². The largest absolute Gasteiger partial charge is 0.398 e. The fraction of sp³-hybridized carbons (Fsp3) is 0.538. The third-order valence-corrected chi connectivity index (χ3v) is 3.89. The first kappa shape index (κ1) is 13.8. The van der Waals surface area contributed by atoms with E-state index in [1.165, 1.54) is 0 Å². The smallest absolute Gasteiger partial charge is 0.0936 e. The monoisotopic (exact) mass is 314 g/mol. The molecule has 0 amide bonds. The van der Waals surface area contributed by atoms with Crippen LogP contribution in [0.4, 0.5) is 5.69 Å². The summed E-state index contributed by atoms with van der Waals surface area (Å²) in [7, 11) is 0. The molecule has 1 aromatic carbocycles. The SMILES string of the molecule is CC1CN(Cc2c(N)cccc2Br)CC(CO)O1. The number of anilines is 1. The Hall–Kier alpha value is -0.620. The number of aliphatic hydroxyl groups is 1. The molecule has 1 heterocycles. The number of benzene rings is 1. The summed E-state index contributed by atoms with van der Waals surface area (Å²) in [5, 5.41) is 9.22. The fourth-order valence-corrected chi connectivity index (χ4v) is 2.84. The van der Waals surface area contributed by atoms with Gasteiger partial charge in [0.05, 0.1) is 18.8 Å². The van der Waals surface area contributed by atoms with Crippen LogP contribution in [0.1, 0.15) is 12.5 Å². The predicted octanol–water partition coefficient (Wildman–Crippen LogP) is 1.61. The van der Waals surface area contributed by atoms with Gasteiger partial charge in [-0.2, -0.15) is 0 Å². The van der Waals surface area contributed by atoms with E-state index in [2.05, 4.69) is 20.8 Å². The molecule has 0 radical (unpaired) electrons. The van der Waals surface area contributed by atoms with Gasteiger partial charge in [0.25, 0.3) is 0 Å². The van der Waals surface area contributed by atoms with Crippen LogP contribution in [0.25, 0.3) is 0 Å². The second kappa shape index (κ2) is 6.02. The summed E-state index contributed by atoms with van der Waals surface area (Å²) in [4.78, 5) is 2.27. The van der Waals surface area contributed by atoms with Crippen molar-refractivity contribution in [2.75, 3.05) is 25.4 Å². The number of nitrogens with two attached hydrogens (primary N) is 1. The van der Waals surface area contributed by atoms with Gasteiger partial charge in [0, 0.05) is 35.4 Å². The first-order valence-electron chi connectivity index (χ1n) is 6.11. The van der Waals surface area contributed by atoms with Gasteiger partial charge in [-0.15, -0.1) is 0 Å². The van der Waals surface area contributed by atoms with Gasteiger partial charge >= 0.3 is 0 Å². The Morgan fingerprint density at radius 3 is 2.94 bits per heavy atom. The van der Waals surface area contributed by atoms with Crippen molar-refractivity contribution in [3.05, 3.63) is 28.2 Å². The van der Waals surface area contributed by atoms with Crippen molar-refractivity contribution in [1.82, 2.24) is 4.90 Å². The number of ether oxygens (including phenoxy) is 1. The number of nitrogens with zero attached hydrogens (tertiary/aromatic N) is 1. The number of nitrogen functional groups attached to an aromatic ring is 1. The third-order valence-electron chi connectivity index (χ3n) is 3.14. The van der Waals surface area contributed by atoms with Crippen LogP contribution in [0, 0.1) is 0 Å². The molecule has 2 unspecified atom stereocenters. The quantitative estimate of drug-likeness (QED) is 0.832. The van der Waals surface area contributed by atoms with Crippen molar-refractivity contribution < 1.29 is 9.84 Å². The van der Waals surface area contributed by atoms with E-state index in [0.717, 1.165) is 35.4 Å². The molecule has 0 bridgehead atoms. The summed E-state index contributed by atoms with van der Waals surface area (Å²) in [6.07, 6.45) is 0.0390. The lowest BCUT2D eigenvalue weighted by Gasteiger charge is -2.36. The van der Waals surface area contributed by atoms with Gasteiger partial charge in [0.2, 0.25) is 0 Å². The summed E-state index contributed by atoms with van der Waals surface area (Å²) in [5.74, 6) is 0. The van der Waals surface area contributed by atoms with Gasteiger partial charge in [0.1, 0.15) is 0 Å². The fourth-order valence-electron chi connectivity index (χ4n) is 2.34. The molecule has 1 aliphatic heterocycles. The number of hydrogen-bond acceptors (Lipinski definition) is 4. The molecular formula is C13H19BrN2O2. The van der Waals surface area contributed by atoms with Crippen LogP contribution in [-0.4, -0.2) is 41.9 Å². The molecule has 2 rings (SSSR count). The van der Waals surface area contributed by atoms with Crippen molar-refractivity contribution in [2.45, 2.75) is 25.7 Å². The second-order valence-electron chi connectivity index (χ2n) is 4.75. The second-order valence-corrected chi connectivity index (χ2v) is 5.61. The van der Waals surface area contributed by atoms with E-state index in [4.69, 9.17) is 10.5 Å². The normalized spacial score (nSPS) is 25.3. The van der Waals surface area contributed by atoms with Gasteiger partial charge in [-0.3, -0.25) is 4.90 Å². The number of halogens is 1. The molecule has 100 valence electrons. The highest BCUT2D eigenvalue weighted by Gasteiger charge is 2.25. The Morgan fingerprint density at radius 1 is 1.50 bits per heavy atom. The van der Waals surface area contributed by atoms with Crippen molar-refractivity contribution in [3.63, 3.8) is 0 Å².